The summed E-state index contributed by atoms with van der Waals surface area (Å²) in [6, 6.07) is 7.67. The first-order chi connectivity index (χ1) is 6.27. The summed E-state index contributed by atoms with van der Waals surface area (Å²) in [4.78, 5) is 10.9. The van der Waals surface area contributed by atoms with Crippen LogP contribution in [0.4, 0.5) is 0 Å². The standard InChI is InChI=1S/C9H8BrNO2/c10-7-4-2-1-3-6(7)9-11-8(12)5-13-9/h1-4,9H,5H2,(H,11,12). The van der Waals surface area contributed by atoms with Crippen molar-refractivity contribution < 1.29 is 9.53 Å². The molecule has 13 heavy (non-hydrogen) atoms. The maximum atomic E-state index is 10.9. The molecule has 1 aliphatic heterocycles. The monoisotopic (exact) mass is 241 g/mol. The number of nitrogens with one attached hydrogen (secondary N) is 1. The van der Waals surface area contributed by atoms with E-state index in [1.165, 1.54) is 0 Å². The van der Waals surface area contributed by atoms with Crippen LogP contribution in [0.2, 0.25) is 0 Å². The number of ether oxygens (including phenoxy) is 1. The van der Waals surface area contributed by atoms with Gasteiger partial charge in [0, 0.05) is 10.0 Å². The van der Waals surface area contributed by atoms with E-state index in [1.807, 2.05) is 24.3 Å². The highest BCUT2D eigenvalue weighted by Crippen LogP contribution is 2.25. The van der Waals surface area contributed by atoms with Gasteiger partial charge in [0.2, 0.25) is 5.91 Å². The van der Waals surface area contributed by atoms with Crippen LogP contribution >= 0.6 is 15.9 Å². The van der Waals surface area contributed by atoms with Gasteiger partial charge in [0.1, 0.15) is 6.61 Å². The van der Waals surface area contributed by atoms with Gasteiger partial charge in [-0.2, -0.15) is 0 Å². The molecule has 1 heterocycles. The smallest absolute Gasteiger partial charge is 0.248 e. The van der Waals surface area contributed by atoms with E-state index < -0.39 is 0 Å². The van der Waals surface area contributed by atoms with Gasteiger partial charge in [0.05, 0.1) is 0 Å². The topological polar surface area (TPSA) is 38.3 Å². The molecule has 1 N–H and O–H groups in total. The highest BCUT2D eigenvalue weighted by molar-refractivity contribution is 9.10. The van der Waals surface area contributed by atoms with Crippen molar-refractivity contribution in [3.8, 4) is 0 Å². The van der Waals surface area contributed by atoms with E-state index in [1.54, 1.807) is 0 Å². The minimum Gasteiger partial charge on any atom is -0.344 e. The average molecular weight is 242 g/mol. The minimum absolute atomic E-state index is 0.0687. The van der Waals surface area contributed by atoms with E-state index in [2.05, 4.69) is 21.2 Å². The summed E-state index contributed by atoms with van der Waals surface area (Å²) in [7, 11) is 0. The summed E-state index contributed by atoms with van der Waals surface area (Å²) in [5.41, 5.74) is 0.952. The number of amides is 1. The molecule has 1 unspecified atom stereocenters. The van der Waals surface area contributed by atoms with Gasteiger partial charge in [-0.3, -0.25) is 4.79 Å². The van der Waals surface area contributed by atoms with Crippen molar-refractivity contribution in [3.05, 3.63) is 34.3 Å². The Morgan fingerprint density at radius 3 is 2.85 bits per heavy atom. The molecule has 0 saturated carbocycles. The van der Waals surface area contributed by atoms with Gasteiger partial charge in [-0.05, 0) is 6.07 Å². The predicted octanol–water partition coefficient (Wildman–Crippen LogP) is 1.59. The van der Waals surface area contributed by atoms with E-state index in [9.17, 15) is 4.79 Å². The Labute approximate surface area is 84.2 Å². The van der Waals surface area contributed by atoms with Gasteiger partial charge in [0.15, 0.2) is 6.23 Å². The molecule has 2 rings (SSSR count). The zero-order valence-electron chi connectivity index (χ0n) is 6.79. The lowest BCUT2D eigenvalue weighted by Gasteiger charge is -2.10. The lowest BCUT2D eigenvalue weighted by molar-refractivity contribution is -0.119. The molecule has 0 bridgehead atoms. The quantitative estimate of drug-likeness (QED) is 0.812. The summed E-state index contributed by atoms with van der Waals surface area (Å²) in [6.07, 6.45) is -0.303. The highest BCUT2D eigenvalue weighted by Gasteiger charge is 2.23. The summed E-state index contributed by atoms with van der Waals surface area (Å²) >= 11 is 3.39. The Bertz CT molecular complexity index is 340. The Hall–Kier alpha value is -0.870. The van der Waals surface area contributed by atoms with E-state index in [4.69, 9.17) is 4.74 Å². The summed E-state index contributed by atoms with van der Waals surface area (Å²) in [5, 5.41) is 2.72. The van der Waals surface area contributed by atoms with E-state index in [0.717, 1.165) is 10.0 Å². The zero-order valence-corrected chi connectivity index (χ0v) is 8.37. The van der Waals surface area contributed by atoms with Gasteiger partial charge in [-0.1, -0.05) is 34.1 Å². The second kappa shape index (κ2) is 3.47. The zero-order chi connectivity index (χ0) is 9.26. The molecular weight excluding hydrogens is 234 g/mol. The molecule has 0 radical (unpaired) electrons. The van der Waals surface area contributed by atoms with Gasteiger partial charge >= 0.3 is 0 Å². The fourth-order valence-electron chi connectivity index (χ4n) is 1.24. The summed E-state index contributed by atoms with van der Waals surface area (Å²) in [5.74, 6) is -0.0687. The Balaban J connectivity index is 2.26. The maximum absolute atomic E-state index is 10.9. The highest BCUT2D eigenvalue weighted by atomic mass is 79.9. The van der Waals surface area contributed by atoms with Crippen LogP contribution in [0.25, 0.3) is 0 Å². The maximum Gasteiger partial charge on any atom is 0.248 e. The third-order valence-corrected chi connectivity index (χ3v) is 2.58. The summed E-state index contributed by atoms with van der Waals surface area (Å²) in [6.45, 7) is 0.145. The number of halogens is 1. The summed E-state index contributed by atoms with van der Waals surface area (Å²) < 4.78 is 6.19. The average Bonchev–Trinajstić information content (AvgIpc) is 2.53. The van der Waals surface area contributed by atoms with Crippen molar-refractivity contribution in [2.24, 2.45) is 0 Å². The number of carbonyl (C=O) groups excluding carboxylic acids is 1. The Morgan fingerprint density at radius 1 is 1.46 bits per heavy atom. The van der Waals surface area contributed by atoms with Crippen molar-refractivity contribution in [3.63, 3.8) is 0 Å². The number of rotatable bonds is 1. The molecule has 1 fully saturated rings. The lowest BCUT2D eigenvalue weighted by Crippen LogP contribution is -2.19. The number of benzene rings is 1. The van der Waals surface area contributed by atoms with Crippen molar-refractivity contribution >= 4 is 21.8 Å². The van der Waals surface area contributed by atoms with Crippen LogP contribution in [-0.2, 0) is 9.53 Å². The SMILES string of the molecule is O=C1COC(c2ccccc2Br)N1. The third kappa shape index (κ3) is 1.73. The second-order valence-corrected chi connectivity index (χ2v) is 3.63. The Kier molecular flexibility index (Phi) is 2.33. The fraction of sp³-hybridized carbons (Fsp3) is 0.222. The van der Waals surface area contributed by atoms with Gasteiger partial charge in [-0.25, -0.2) is 0 Å². The normalized spacial score (nSPS) is 21.6. The predicted molar refractivity (Wildman–Crippen MR) is 51.0 cm³/mol. The molecule has 1 saturated heterocycles. The van der Waals surface area contributed by atoms with E-state index in [-0.39, 0.29) is 18.7 Å². The van der Waals surface area contributed by atoms with Crippen LogP contribution < -0.4 is 5.32 Å². The van der Waals surface area contributed by atoms with Crippen LogP contribution in [0.15, 0.2) is 28.7 Å². The molecule has 1 amide bonds. The first-order valence-electron chi connectivity index (χ1n) is 3.93. The van der Waals surface area contributed by atoms with Gasteiger partial charge in [-0.15, -0.1) is 0 Å². The molecule has 1 atom stereocenters. The van der Waals surface area contributed by atoms with Crippen molar-refractivity contribution in [2.45, 2.75) is 6.23 Å². The first kappa shape index (κ1) is 8.72. The lowest BCUT2D eigenvalue weighted by atomic mass is 10.2. The molecule has 1 aromatic carbocycles. The third-order valence-electron chi connectivity index (χ3n) is 1.86. The van der Waals surface area contributed by atoms with Crippen molar-refractivity contribution in [1.29, 1.82) is 0 Å². The van der Waals surface area contributed by atoms with Crippen LogP contribution in [0.3, 0.4) is 0 Å². The molecule has 3 nitrogen and oxygen atoms in total. The first-order valence-corrected chi connectivity index (χ1v) is 4.72. The van der Waals surface area contributed by atoms with Crippen molar-refractivity contribution in [2.75, 3.05) is 6.61 Å². The van der Waals surface area contributed by atoms with Crippen LogP contribution in [-0.4, -0.2) is 12.5 Å². The molecule has 1 aromatic rings. The molecule has 0 aromatic heterocycles. The van der Waals surface area contributed by atoms with Gasteiger partial charge in [0.25, 0.3) is 0 Å². The Morgan fingerprint density at radius 2 is 2.23 bits per heavy atom. The molecule has 1 aliphatic rings. The second-order valence-electron chi connectivity index (χ2n) is 2.78. The molecule has 0 spiro atoms. The number of carbonyl (C=O) groups is 1. The van der Waals surface area contributed by atoms with E-state index in [0.29, 0.717) is 0 Å². The molecule has 0 aliphatic carbocycles. The minimum atomic E-state index is -0.303. The number of hydrogen-bond acceptors (Lipinski definition) is 2. The van der Waals surface area contributed by atoms with E-state index >= 15 is 0 Å². The fourth-order valence-corrected chi connectivity index (χ4v) is 1.74. The largest absolute Gasteiger partial charge is 0.344 e. The number of hydrogen-bond donors (Lipinski definition) is 1. The van der Waals surface area contributed by atoms with Crippen LogP contribution in [0, 0.1) is 0 Å². The van der Waals surface area contributed by atoms with Gasteiger partial charge < -0.3 is 10.1 Å². The molecular formula is C9H8BrNO2. The van der Waals surface area contributed by atoms with Crippen molar-refractivity contribution in [1.82, 2.24) is 5.32 Å². The molecule has 4 heteroatoms. The molecule has 68 valence electrons. The van der Waals surface area contributed by atoms with Crippen LogP contribution in [0.1, 0.15) is 11.8 Å². The van der Waals surface area contributed by atoms with Crippen LogP contribution in [0.5, 0.6) is 0 Å².